The SMILES string of the molecule is CCOC(=O)C(C/C=C(C)/C=C/C1=C(C)CCCC1(C)C)C(C)=O. The molecule has 134 valence electrons. The van der Waals surface area contributed by atoms with Crippen LogP contribution in [0.5, 0.6) is 0 Å². The zero-order valence-corrected chi connectivity index (χ0v) is 16.1. The van der Waals surface area contributed by atoms with Gasteiger partial charge in [-0.25, -0.2) is 0 Å². The largest absolute Gasteiger partial charge is 0.465 e. The van der Waals surface area contributed by atoms with Crippen molar-refractivity contribution < 1.29 is 14.3 Å². The van der Waals surface area contributed by atoms with Crippen LogP contribution < -0.4 is 0 Å². The van der Waals surface area contributed by atoms with Crippen molar-refractivity contribution in [3.05, 3.63) is 34.9 Å². The molecule has 1 aliphatic rings. The number of rotatable bonds is 7. The van der Waals surface area contributed by atoms with Gasteiger partial charge in [-0.05, 0) is 64.4 Å². The number of Topliss-reactive ketones (excluding diaryl/α,β-unsaturated/α-hetero) is 1. The first-order valence-electron chi connectivity index (χ1n) is 8.91. The molecular weight excluding hydrogens is 300 g/mol. The van der Waals surface area contributed by atoms with Gasteiger partial charge < -0.3 is 4.74 Å². The maximum Gasteiger partial charge on any atom is 0.316 e. The fourth-order valence-corrected chi connectivity index (χ4v) is 3.27. The third-order valence-electron chi connectivity index (χ3n) is 4.79. The maximum atomic E-state index is 11.8. The van der Waals surface area contributed by atoms with Gasteiger partial charge in [-0.2, -0.15) is 0 Å². The smallest absolute Gasteiger partial charge is 0.316 e. The van der Waals surface area contributed by atoms with Crippen LogP contribution in [-0.4, -0.2) is 18.4 Å². The Balaban J connectivity index is 2.82. The van der Waals surface area contributed by atoms with E-state index in [0.717, 1.165) is 5.57 Å². The molecule has 3 heteroatoms. The van der Waals surface area contributed by atoms with E-state index in [1.807, 2.05) is 13.0 Å². The summed E-state index contributed by atoms with van der Waals surface area (Å²) in [5.74, 6) is -1.26. The van der Waals surface area contributed by atoms with Crippen molar-refractivity contribution in [3.8, 4) is 0 Å². The number of ketones is 1. The van der Waals surface area contributed by atoms with Gasteiger partial charge in [-0.3, -0.25) is 9.59 Å². The molecule has 0 N–H and O–H groups in total. The molecule has 0 aliphatic heterocycles. The van der Waals surface area contributed by atoms with Gasteiger partial charge in [0.05, 0.1) is 6.61 Å². The highest BCUT2D eigenvalue weighted by Gasteiger charge is 2.26. The minimum atomic E-state index is -0.694. The van der Waals surface area contributed by atoms with Gasteiger partial charge in [-0.1, -0.05) is 43.2 Å². The fourth-order valence-electron chi connectivity index (χ4n) is 3.27. The quantitative estimate of drug-likeness (QED) is 0.367. The summed E-state index contributed by atoms with van der Waals surface area (Å²) >= 11 is 0. The number of esters is 1. The first-order valence-corrected chi connectivity index (χ1v) is 8.91. The molecular formula is C21H32O3. The standard InChI is InChI=1S/C21H32O3/c1-7-24-20(23)18(17(4)22)12-10-15(2)11-13-19-16(3)9-8-14-21(19,5)6/h10-11,13,18H,7-9,12,14H2,1-6H3/b13-11+,15-10+. The summed E-state index contributed by atoms with van der Waals surface area (Å²) in [4.78, 5) is 23.5. The van der Waals surface area contributed by atoms with E-state index in [4.69, 9.17) is 4.74 Å². The molecule has 0 aromatic heterocycles. The van der Waals surface area contributed by atoms with Gasteiger partial charge in [0.1, 0.15) is 11.7 Å². The molecule has 0 fully saturated rings. The maximum absolute atomic E-state index is 11.8. The average Bonchev–Trinajstić information content (AvgIpc) is 2.46. The van der Waals surface area contributed by atoms with Crippen molar-refractivity contribution in [1.29, 1.82) is 0 Å². The van der Waals surface area contributed by atoms with Crippen molar-refractivity contribution in [1.82, 2.24) is 0 Å². The molecule has 0 heterocycles. The molecule has 0 bridgehead atoms. The Morgan fingerprint density at radius 3 is 2.50 bits per heavy atom. The van der Waals surface area contributed by atoms with Crippen molar-refractivity contribution in [2.75, 3.05) is 6.61 Å². The van der Waals surface area contributed by atoms with Crippen LogP contribution in [0.2, 0.25) is 0 Å². The second-order valence-corrected chi connectivity index (χ2v) is 7.36. The van der Waals surface area contributed by atoms with Gasteiger partial charge >= 0.3 is 5.97 Å². The molecule has 0 radical (unpaired) electrons. The van der Waals surface area contributed by atoms with Crippen molar-refractivity contribution >= 4 is 11.8 Å². The molecule has 1 aliphatic carbocycles. The van der Waals surface area contributed by atoms with Gasteiger partial charge in [0.25, 0.3) is 0 Å². The number of allylic oxidation sites excluding steroid dienone is 6. The number of hydrogen-bond acceptors (Lipinski definition) is 3. The van der Waals surface area contributed by atoms with E-state index < -0.39 is 11.9 Å². The number of carbonyl (C=O) groups excluding carboxylic acids is 2. The summed E-state index contributed by atoms with van der Waals surface area (Å²) in [6.45, 7) is 12.3. The van der Waals surface area contributed by atoms with Gasteiger partial charge in [0.2, 0.25) is 0 Å². The summed E-state index contributed by atoms with van der Waals surface area (Å²) in [5.41, 5.74) is 4.15. The second-order valence-electron chi connectivity index (χ2n) is 7.36. The van der Waals surface area contributed by atoms with Crippen molar-refractivity contribution in [3.63, 3.8) is 0 Å². The van der Waals surface area contributed by atoms with E-state index in [0.29, 0.717) is 13.0 Å². The Hall–Kier alpha value is -1.64. The Kier molecular flexibility index (Phi) is 7.65. The Bertz CT molecular complexity index is 562. The second kappa shape index (κ2) is 9.00. The molecule has 1 atom stereocenters. The predicted octanol–water partition coefficient (Wildman–Crippen LogP) is 5.17. The Morgan fingerprint density at radius 2 is 1.96 bits per heavy atom. The minimum Gasteiger partial charge on any atom is -0.465 e. The van der Waals surface area contributed by atoms with Crippen LogP contribution in [0, 0.1) is 11.3 Å². The summed E-state index contributed by atoms with van der Waals surface area (Å²) < 4.78 is 4.98. The number of hydrogen-bond donors (Lipinski definition) is 0. The number of carbonyl (C=O) groups is 2. The van der Waals surface area contributed by atoms with Crippen LogP contribution in [0.15, 0.2) is 34.9 Å². The van der Waals surface area contributed by atoms with E-state index in [-0.39, 0.29) is 11.2 Å². The van der Waals surface area contributed by atoms with Gasteiger partial charge in [0, 0.05) is 0 Å². The first kappa shape index (κ1) is 20.4. The molecule has 24 heavy (non-hydrogen) atoms. The molecule has 1 rings (SSSR count). The third-order valence-corrected chi connectivity index (χ3v) is 4.79. The van der Waals surface area contributed by atoms with E-state index in [9.17, 15) is 9.59 Å². The number of ether oxygens (including phenoxy) is 1. The van der Waals surface area contributed by atoms with E-state index in [1.54, 1.807) is 6.92 Å². The average molecular weight is 332 g/mol. The third kappa shape index (κ3) is 5.77. The summed E-state index contributed by atoms with van der Waals surface area (Å²) in [5, 5.41) is 0. The molecule has 0 saturated carbocycles. The lowest BCUT2D eigenvalue weighted by atomic mass is 9.72. The van der Waals surface area contributed by atoms with E-state index in [1.165, 1.54) is 37.3 Å². The van der Waals surface area contributed by atoms with Crippen LogP contribution in [0.3, 0.4) is 0 Å². The van der Waals surface area contributed by atoms with Crippen LogP contribution in [-0.2, 0) is 14.3 Å². The van der Waals surface area contributed by atoms with Gasteiger partial charge in [-0.15, -0.1) is 0 Å². The molecule has 0 saturated heterocycles. The molecule has 0 spiro atoms. The van der Waals surface area contributed by atoms with E-state index in [2.05, 4.69) is 32.9 Å². The molecule has 1 unspecified atom stereocenters. The van der Waals surface area contributed by atoms with Crippen LogP contribution >= 0.6 is 0 Å². The lowest BCUT2D eigenvalue weighted by Crippen LogP contribution is -2.23. The summed E-state index contributed by atoms with van der Waals surface area (Å²) in [7, 11) is 0. The normalized spacial score (nSPS) is 19.5. The highest BCUT2D eigenvalue weighted by molar-refractivity contribution is 5.97. The first-order chi connectivity index (χ1) is 11.2. The van der Waals surface area contributed by atoms with Gasteiger partial charge in [0.15, 0.2) is 0 Å². The molecule has 3 nitrogen and oxygen atoms in total. The highest BCUT2D eigenvalue weighted by Crippen LogP contribution is 2.40. The van der Waals surface area contributed by atoms with E-state index >= 15 is 0 Å². The molecule has 0 aromatic rings. The lowest BCUT2D eigenvalue weighted by Gasteiger charge is -2.32. The van der Waals surface area contributed by atoms with Crippen molar-refractivity contribution in [2.24, 2.45) is 11.3 Å². The summed E-state index contributed by atoms with van der Waals surface area (Å²) in [6.07, 6.45) is 10.3. The van der Waals surface area contributed by atoms with Crippen LogP contribution in [0.4, 0.5) is 0 Å². The molecule has 0 aromatic carbocycles. The highest BCUT2D eigenvalue weighted by atomic mass is 16.5. The minimum absolute atomic E-state index is 0.145. The summed E-state index contributed by atoms with van der Waals surface area (Å²) in [6, 6.07) is 0. The van der Waals surface area contributed by atoms with Crippen LogP contribution in [0.25, 0.3) is 0 Å². The van der Waals surface area contributed by atoms with Crippen molar-refractivity contribution in [2.45, 2.75) is 67.2 Å². The predicted molar refractivity (Wildman–Crippen MR) is 98.7 cm³/mol. The zero-order chi connectivity index (χ0) is 18.3. The topological polar surface area (TPSA) is 43.4 Å². The Labute approximate surface area is 146 Å². The molecule has 0 amide bonds. The Morgan fingerprint density at radius 1 is 1.29 bits per heavy atom. The lowest BCUT2D eigenvalue weighted by molar-refractivity contribution is -0.150. The van der Waals surface area contributed by atoms with Crippen LogP contribution in [0.1, 0.15) is 67.2 Å². The zero-order valence-electron chi connectivity index (χ0n) is 16.1. The fraction of sp³-hybridized carbons (Fsp3) is 0.619. The monoisotopic (exact) mass is 332 g/mol.